The smallest absolute Gasteiger partial charge is 0.312 e. The van der Waals surface area contributed by atoms with E-state index >= 15 is 0 Å². The molecular formula is C32H43ClN2O6. The van der Waals surface area contributed by atoms with Gasteiger partial charge in [-0.3, -0.25) is 14.4 Å². The first-order valence-electron chi connectivity index (χ1n) is 14.7. The lowest BCUT2D eigenvalue weighted by atomic mass is 9.65. The highest BCUT2D eigenvalue weighted by atomic mass is 35.5. The molecule has 0 radical (unpaired) electrons. The summed E-state index contributed by atoms with van der Waals surface area (Å²) in [6, 6.07) is 3.70. The van der Waals surface area contributed by atoms with Crippen molar-refractivity contribution in [3.05, 3.63) is 54.1 Å². The van der Waals surface area contributed by atoms with Crippen LogP contribution in [-0.2, 0) is 23.9 Å². The number of ether oxygens (including phenoxy) is 2. The monoisotopic (exact) mass is 586 g/mol. The highest BCUT2D eigenvalue weighted by Crippen LogP contribution is 2.65. The van der Waals surface area contributed by atoms with E-state index in [0.29, 0.717) is 42.8 Å². The first-order valence-corrected chi connectivity index (χ1v) is 15.0. The largest absolute Gasteiger partial charge is 0.465 e. The summed E-state index contributed by atoms with van der Waals surface area (Å²) in [5.41, 5.74) is -0.829. The molecule has 3 heterocycles. The number of carbonyl (C=O) groups excluding carboxylic acids is 3. The minimum absolute atomic E-state index is 0.111. The van der Waals surface area contributed by atoms with Gasteiger partial charge in [-0.2, -0.15) is 0 Å². The summed E-state index contributed by atoms with van der Waals surface area (Å²) in [6.45, 7) is 15.3. The summed E-state index contributed by atoms with van der Waals surface area (Å²) in [7, 11) is 0. The van der Waals surface area contributed by atoms with Gasteiger partial charge in [0, 0.05) is 6.54 Å². The van der Waals surface area contributed by atoms with Gasteiger partial charge in [0.1, 0.15) is 17.6 Å². The number of esters is 1. The maximum absolute atomic E-state index is 14.9. The van der Waals surface area contributed by atoms with Crippen molar-refractivity contribution in [3.8, 4) is 0 Å². The molecule has 1 aromatic rings. The zero-order valence-corrected chi connectivity index (χ0v) is 25.4. The first kappa shape index (κ1) is 31.3. The van der Waals surface area contributed by atoms with Crippen molar-refractivity contribution in [3.63, 3.8) is 0 Å². The maximum atomic E-state index is 14.9. The number of anilines is 1. The van der Waals surface area contributed by atoms with Crippen molar-refractivity contribution >= 4 is 35.1 Å². The number of amides is 2. The summed E-state index contributed by atoms with van der Waals surface area (Å²) in [6.07, 6.45) is 5.91. The molecule has 0 aliphatic carbocycles. The highest BCUT2D eigenvalue weighted by molar-refractivity contribution is 6.34. The number of carbonyl (C=O) groups is 3. The van der Waals surface area contributed by atoms with Gasteiger partial charge in [0.05, 0.1) is 41.5 Å². The van der Waals surface area contributed by atoms with Gasteiger partial charge in [-0.25, -0.2) is 0 Å². The molecule has 1 N–H and O–H groups in total. The third-order valence-corrected chi connectivity index (χ3v) is 9.86. The minimum atomic E-state index is -1.25. The minimum Gasteiger partial charge on any atom is -0.465 e. The number of nitrogens with zero attached hydrogens (tertiary/aromatic N) is 2. The summed E-state index contributed by atoms with van der Waals surface area (Å²) in [5, 5.41) is 11.0. The number of fused-ring (bicyclic) bond motifs is 1. The Kier molecular flexibility index (Phi) is 9.36. The molecule has 4 rings (SSSR count). The number of benzene rings is 1. The standard InChI is InChI=1S/C32H43ClN2O6/c1-7-11-18-40-30(39)25-24-28(37)35(23(19-36)20(5)9-3)27(32(24)16-15-31(25,10-4)41-32)29(38)34(17-8-2)26-21(6)13-12-14-22(26)33/h7-8,12-14,20,23-25,27,36H,1-2,9-11,15-19H2,3-6H3/t20-,23-,24-,25+,27?,31-,32?/m0/s1. The number of likely N-dealkylation sites (tertiary alicyclic amines) is 1. The molecule has 9 heteroatoms. The predicted octanol–water partition coefficient (Wildman–Crippen LogP) is 4.85. The van der Waals surface area contributed by atoms with Gasteiger partial charge in [0.2, 0.25) is 5.91 Å². The number of aliphatic hydroxyl groups excluding tert-OH is 1. The Morgan fingerprint density at radius 1 is 1.29 bits per heavy atom. The normalized spacial score (nSPS) is 29.7. The lowest BCUT2D eigenvalue weighted by Gasteiger charge is -2.41. The average Bonchev–Trinajstić information content (AvgIpc) is 3.56. The van der Waals surface area contributed by atoms with E-state index in [9.17, 15) is 19.5 Å². The van der Waals surface area contributed by atoms with Crippen LogP contribution in [0.3, 0.4) is 0 Å². The van der Waals surface area contributed by atoms with Crippen molar-refractivity contribution in [2.75, 3.05) is 24.7 Å². The maximum Gasteiger partial charge on any atom is 0.312 e. The Morgan fingerprint density at radius 3 is 2.61 bits per heavy atom. The van der Waals surface area contributed by atoms with Gasteiger partial charge < -0.3 is 24.4 Å². The van der Waals surface area contributed by atoms with Crippen molar-refractivity contribution in [1.82, 2.24) is 4.90 Å². The van der Waals surface area contributed by atoms with Crippen LogP contribution in [0.2, 0.25) is 5.02 Å². The Labute approximate surface area is 248 Å². The number of para-hydroxylation sites is 1. The molecule has 41 heavy (non-hydrogen) atoms. The average molecular weight is 587 g/mol. The third kappa shape index (κ3) is 4.92. The van der Waals surface area contributed by atoms with Crippen LogP contribution in [0, 0.1) is 24.7 Å². The van der Waals surface area contributed by atoms with Crippen LogP contribution < -0.4 is 4.90 Å². The Hall–Kier alpha value is -2.68. The van der Waals surface area contributed by atoms with Gasteiger partial charge in [-0.05, 0) is 50.2 Å². The number of rotatable bonds is 13. The van der Waals surface area contributed by atoms with Crippen LogP contribution in [0.5, 0.6) is 0 Å². The Balaban J connectivity index is 1.89. The number of halogens is 1. The molecule has 224 valence electrons. The topological polar surface area (TPSA) is 96.4 Å². The molecule has 2 bridgehead atoms. The number of aliphatic hydroxyl groups is 1. The van der Waals surface area contributed by atoms with E-state index < -0.39 is 41.1 Å². The SMILES string of the molecule is C=CCCOC(=O)[C@H]1[C@H]2C(=O)N([C@@H](CO)[C@@H](C)CC)C(C(=O)N(CC=C)c3c(C)cccc3Cl)C23CC[C@]1(CC)O3. The molecule has 3 aliphatic heterocycles. The second-order valence-corrected chi connectivity index (χ2v) is 12.0. The number of hydrogen-bond donors (Lipinski definition) is 1. The van der Waals surface area contributed by atoms with Crippen LogP contribution in [0.15, 0.2) is 43.5 Å². The Bertz CT molecular complexity index is 1180. The first-order chi connectivity index (χ1) is 19.6. The fraction of sp³-hybridized carbons (Fsp3) is 0.594. The third-order valence-electron chi connectivity index (χ3n) is 9.55. The zero-order valence-electron chi connectivity index (χ0n) is 24.6. The van der Waals surface area contributed by atoms with Gasteiger partial charge in [-0.1, -0.05) is 63.1 Å². The quantitative estimate of drug-likeness (QED) is 0.202. The Morgan fingerprint density at radius 2 is 2.02 bits per heavy atom. The van der Waals surface area contributed by atoms with E-state index in [1.807, 2.05) is 39.8 Å². The van der Waals surface area contributed by atoms with E-state index in [2.05, 4.69) is 13.2 Å². The lowest BCUT2D eigenvalue weighted by molar-refractivity contribution is -0.162. The fourth-order valence-electron chi connectivity index (χ4n) is 7.33. The molecule has 3 fully saturated rings. The van der Waals surface area contributed by atoms with Crippen LogP contribution in [0.4, 0.5) is 5.69 Å². The van der Waals surface area contributed by atoms with Gasteiger partial charge in [-0.15, -0.1) is 13.2 Å². The van der Waals surface area contributed by atoms with Crippen molar-refractivity contribution in [2.24, 2.45) is 17.8 Å². The summed E-state index contributed by atoms with van der Waals surface area (Å²) in [5.74, 6) is -3.08. The summed E-state index contributed by atoms with van der Waals surface area (Å²) < 4.78 is 12.5. The van der Waals surface area contributed by atoms with Gasteiger partial charge in [0.15, 0.2) is 0 Å². The molecule has 3 saturated heterocycles. The summed E-state index contributed by atoms with van der Waals surface area (Å²) >= 11 is 6.65. The second-order valence-electron chi connectivity index (χ2n) is 11.6. The molecule has 8 nitrogen and oxygen atoms in total. The second kappa shape index (κ2) is 12.3. The number of aryl methyl sites for hydroxylation is 1. The summed E-state index contributed by atoms with van der Waals surface area (Å²) in [4.78, 5) is 46.1. The van der Waals surface area contributed by atoms with E-state index in [1.54, 1.807) is 23.1 Å². The van der Waals surface area contributed by atoms with Gasteiger partial charge in [0.25, 0.3) is 5.91 Å². The van der Waals surface area contributed by atoms with Crippen molar-refractivity contribution < 1.29 is 29.0 Å². The molecule has 2 unspecified atom stereocenters. The molecule has 3 aliphatic rings. The van der Waals surface area contributed by atoms with E-state index in [0.717, 1.165) is 5.56 Å². The molecule has 0 saturated carbocycles. The molecule has 1 spiro atoms. The van der Waals surface area contributed by atoms with E-state index in [4.69, 9.17) is 21.1 Å². The molecule has 0 aromatic heterocycles. The lowest BCUT2D eigenvalue weighted by Crippen LogP contribution is -2.60. The molecule has 7 atom stereocenters. The van der Waals surface area contributed by atoms with Crippen molar-refractivity contribution in [1.29, 1.82) is 0 Å². The van der Waals surface area contributed by atoms with Crippen LogP contribution >= 0.6 is 11.6 Å². The highest BCUT2D eigenvalue weighted by Gasteiger charge is 2.79. The van der Waals surface area contributed by atoms with Crippen LogP contribution in [0.1, 0.15) is 58.4 Å². The van der Waals surface area contributed by atoms with E-state index in [1.165, 1.54) is 4.90 Å². The van der Waals surface area contributed by atoms with Crippen molar-refractivity contribution in [2.45, 2.75) is 83.1 Å². The predicted molar refractivity (Wildman–Crippen MR) is 159 cm³/mol. The van der Waals surface area contributed by atoms with Crippen LogP contribution in [0.25, 0.3) is 0 Å². The zero-order chi connectivity index (χ0) is 30.1. The molecule has 2 amide bonds. The molecular weight excluding hydrogens is 544 g/mol. The van der Waals surface area contributed by atoms with E-state index in [-0.39, 0.29) is 37.5 Å². The molecule has 1 aromatic carbocycles. The van der Waals surface area contributed by atoms with Gasteiger partial charge >= 0.3 is 5.97 Å². The number of hydrogen-bond acceptors (Lipinski definition) is 6. The fourth-order valence-corrected chi connectivity index (χ4v) is 7.66. The van der Waals surface area contributed by atoms with Crippen LogP contribution in [-0.4, -0.2) is 70.8 Å².